The number of benzene rings is 1. The Bertz CT molecular complexity index is 747. The van der Waals surface area contributed by atoms with E-state index in [2.05, 4.69) is 4.98 Å². The molecule has 0 amide bonds. The lowest BCUT2D eigenvalue weighted by molar-refractivity contribution is 0.322. The van der Waals surface area contributed by atoms with E-state index in [4.69, 9.17) is 16.3 Å². The summed E-state index contributed by atoms with van der Waals surface area (Å²) in [6.45, 7) is 0.851. The van der Waals surface area contributed by atoms with Gasteiger partial charge in [0.2, 0.25) is 0 Å². The fraction of sp³-hybridized carbons (Fsp3) is 0.214. The fourth-order valence-corrected chi connectivity index (χ4v) is 3.76. The number of hydrogen-bond donors (Lipinski definition) is 0. The maximum absolute atomic E-state index is 12.8. The van der Waals surface area contributed by atoms with Gasteiger partial charge in [0, 0.05) is 19.2 Å². The molecule has 0 fully saturated rings. The highest BCUT2D eigenvalue weighted by Gasteiger charge is 2.28. The van der Waals surface area contributed by atoms with E-state index in [1.807, 2.05) is 6.07 Å². The van der Waals surface area contributed by atoms with Crippen molar-refractivity contribution in [1.29, 1.82) is 0 Å². The van der Waals surface area contributed by atoms with Crippen LogP contribution in [0, 0.1) is 0 Å². The summed E-state index contributed by atoms with van der Waals surface area (Å²) in [5.74, 6) is 0.570. The first kappa shape index (κ1) is 14.2. The zero-order valence-electron chi connectivity index (χ0n) is 11.1. The number of nitrogens with zero attached hydrogens (tertiary/aromatic N) is 2. The Morgan fingerprint density at radius 3 is 2.76 bits per heavy atom. The summed E-state index contributed by atoms with van der Waals surface area (Å²) in [5.41, 5.74) is 0.546. The van der Waals surface area contributed by atoms with E-state index in [0.29, 0.717) is 31.0 Å². The van der Waals surface area contributed by atoms with Gasteiger partial charge in [-0.3, -0.25) is 4.31 Å². The first-order chi connectivity index (χ1) is 10.1. The van der Waals surface area contributed by atoms with Crippen molar-refractivity contribution in [3.05, 3.63) is 47.7 Å². The summed E-state index contributed by atoms with van der Waals surface area (Å²) in [6.07, 6.45) is 1.89. The Morgan fingerprint density at radius 1 is 1.19 bits per heavy atom. The molecule has 110 valence electrons. The van der Waals surface area contributed by atoms with Gasteiger partial charge in [-0.1, -0.05) is 23.7 Å². The Labute approximate surface area is 128 Å². The molecule has 1 aromatic carbocycles. The molecule has 0 aliphatic carbocycles. The molecular formula is C14H13ClN2O3S. The largest absolute Gasteiger partial charge is 0.491 e. The van der Waals surface area contributed by atoms with Gasteiger partial charge in [-0.25, -0.2) is 13.4 Å². The van der Waals surface area contributed by atoms with Gasteiger partial charge >= 0.3 is 0 Å². The molecule has 2 heterocycles. The average Bonchev–Trinajstić information content (AvgIpc) is 2.70. The van der Waals surface area contributed by atoms with Gasteiger partial charge in [-0.15, -0.1) is 0 Å². The van der Waals surface area contributed by atoms with Crippen molar-refractivity contribution in [3.8, 4) is 5.75 Å². The normalized spacial score (nSPS) is 15.0. The second-order valence-corrected chi connectivity index (χ2v) is 6.81. The van der Waals surface area contributed by atoms with Crippen molar-refractivity contribution in [2.75, 3.05) is 17.5 Å². The number of hydrogen-bond acceptors (Lipinski definition) is 4. The number of aromatic nitrogens is 1. The van der Waals surface area contributed by atoms with E-state index < -0.39 is 10.0 Å². The molecule has 0 bridgehead atoms. The zero-order chi connectivity index (χ0) is 14.9. The molecule has 0 unspecified atom stereocenters. The minimum atomic E-state index is -3.68. The molecule has 7 heteroatoms. The fourth-order valence-electron chi connectivity index (χ4n) is 2.19. The van der Waals surface area contributed by atoms with E-state index in [1.54, 1.807) is 18.2 Å². The Hall–Kier alpha value is -1.79. The van der Waals surface area contributed by atoms with Crippen LogP contribution >= 0.6 is 11.6 Å². The standard InChI is InChI=1S/C14H13ClN2O3S/c15-14-7-6-11(10-16-14)21(18,19)17-8-3-9-20-13-5-2-1-4-12(13)17/h1-2,4-7,10H,3,8-9H2. The van der Waals surface area contributed by atoms with E-state index in [0.717, 1.165) is 0 Å². The van der Waals surface area contributed by atoms with Gasteiger partial charge in [0.25, 0.3) is 10.0 Å². The van der Waals surface area contributed by atoms with Crippen molar-refractivity contribution in [2.45, 2.75) is 11.3 Å². The van der Waals surface area contributed by atoms with Gasteiger partial charge in [-0.05, 0) is 24.3 Å². The molecule has 1 aliphatic heterocycles. The smallest absolute Gasteiger partial charge is 0.265 e. The first-order valence-corrected chi connectivity index (χ1v) is 8.27. The monoisotopic (exact) mass is 324 g/mol. The molecule has 0 saturated heterocycles. The van der Waals surface area contributed by atoms with Gasteiger partial charge < -0.3 is 4.74 Å². The van der Waals surface area contributed by atoms with Crippen LogP contribution in [0.15, 0.2) is 47.5 Å². The Balaban J connectivity index is 2.08. The van der Waals surface area contributed by atoms with Crippen molar-refractivity contribution in [2.24, 2.45) is 0 Å². The summed E-state index contributed by atoms with van der Waals surface area (Å²) in [7, 11) is -3.68. The van der Waals surface area contributed by atoms with Gasteiger partial charge in [-0.2, -0.15) is 0 Å². The van der Waals surface area contributed by atoms with Crippen LogP contribution in [-0.4, -0.2) is 26.6 Å². The van der Waals surface area contributed by atoms with E-state index >= 15 is 0 Å². The van der Waals surface area contributed by atoms with Crippen LogP contribution < -0.4 is 9.04 Å². The van der Waals surface area contributed by atoms with Crippen molar-refractivity contribution in [3.63, 3.8) is 0 Å². The van der Waals surface area contributed by atoms with Crippen LogP contribution in [0.4, 0.5) is 5.69 Å². The molecule has 0 radical (unpaired) electrons. The third-order valence-corrected chi connectivity index (χ3v) is 5.21. The Kier molecular flexibility index (Phi) is 3.73. The predicted octanol–water partition coefficient (Wildman–Crippen LogP) is 2.71. The number of rotatable bonds is 2. The molecule has 0 N–H and O–H groups in total. The van der Waals surface area contributed by atoms with Crippen molar-refractivity contribution in [1.82, 2.24) is 4.98 Å². The highest BCUT2D eigenvalue weighted by molar-refractivity contribution is 7.92. The summed E-state index contributed by atoms with van der Waals surface area (Å²) in [6, 6.07) is 10.0. The summed E-state index contributed by atoms with van der Waals surface area (Å²) < 4.78 is 32.5. The van der Waals surface area contributed by atoms with Crippen LogP contribution in [0.5, 0.6) is 5.75 Å². The summed E-state index contributed by atoms with van der Waals surface area (Å²) in [5, 5.41) is 0.258. The molecule has 5 nitrogen and oxygen atoms in total. The number of sulfonamides is 1. The quantitative estimate of drug-likeness (QED) is 0.797. The third-order valence-electron chi connectivity index (χ3n) is 3.19. The molecule has 1 aromatic heterocycles. The van der Waals surface area contributed by atoms with Crippen molar-refractivity contribution < 1.29 is 13.2 Å². The zero-order valence-corrected chi connectivity index (χ0v) is 12.6. The number of anilines is 1. The van der Waals surface area contributed by atoms with Crippen LogP contribution in [0.3, 0.4) is 0 Å². The van der Waals surface area contributed by atoms with Gasteiger partial charge in [0.15, 0.2) is 0 Å². The van der Waals surface area contributed by atoms with Gasteiger partial charge in [0.1, 0.15) is 15.8 Å². The number of para-hydroxylation sites is 2. The molecule has 0 spiro atoms. The second kappa shape index (κ2) is 5.54. The van der Waals surface area contributed by atoms with Crippen LogP contribution in [0.25, 0.3) is 0 Å². The molecule has 21 heavy (non-hydrogen) atoms. The van der Waals surface area contributed by atoms with Crippen LogP contribution in [0.2, 0.25) is 5.15 Å². The van der Waals surface area contributed by atoms with Gasteiger partial charge in [0.05, 0.1) is 12.3 Å². The number of ether oxygens (including phenoxy) is 1. The lowest BCUT2D eigenvalue weighted by Gasteiger charge is -2.23. The molecule has 3 rings (SSSR count). The SMILES string of the molecule is O=S(=O)(c1ccc(Cl)nc1)N1CCCOc2ccccc21. The maximum atomic E-state index is 12.8. The average molecular weight is 325 g/mol. The number of pyridine rings is 1. The lowest BCUT2D eigenvalue weighted by Crippen LogP contribution is -2.31. The molecule has 1 aliphatic rings. The van der Waals surface area contributed by atoms with Crippen LogP contribution in [-0.2, 0) is 10.0 Å². The first-order valence-electron chi connectivity index (χ1n) is 6.45. The molecule has 0 saturated carbocycles. The minimum absolute atomic E-state index is 0.114. The van der Waals surface area contributed by atoms with E-state index in [1.165, 1.54) is 22.6 Å². The van der Waals surface area contributed by atoms with E-state index in [-0.39, 0.29) is 10.0 Å². The predicted molar refractivity (Wildman–Crippen MR) is 80.3 cm³/mol. The van der Waals surface area contributed by atoms with Crippen LogP contribution in [0.1, 0.15) is 6.42 Å². The third kappa shape index (κ3) is 2.69. The lowest BCUT2D eigenvalue weighted by atomic mass is 10.3. The molecular weight excluding hydrogens is 312 g/mol. The minimum Gasteiger partial charge on any atom is -0.491 e. The summed E-state index contributed by atoms with van der Waals surface area (Å²) >= 11 is 5.72. The highest BCUT2D eigenvalue weighted by atomic mass is 35.5. The molecule has 0 atom stereocenters. The molecule has 2 aromatic rings. The summed E-state index contributed by atoms with van der Waals surface area (Å²) in [4.78, 5) is 3.96. The topological polar surface area (TPSA) is 59.5 Å². The number of fused-ring (bicyclic) bond motifs is 1. The second-order valence-electron chi connectivity index (χ2n) is 4.56. The maximum Gasteiger partial charge on any atom is 0.265 e. The van der Waals surface area contributed by atoms with Crippen molar-refractivity contribution >= 4 is 27.3 Å². The number of halogens is 1. The highest BCUT2D eigenvalue weighted by Crippen LogP contribution is 2.34. The van der Waals surface area contributed by atoms with E-state index in [9.17, 15) is 8.42 Å². The Morgan fingerprint density at radius 2 is 2.00 bits per heavy atom.